The summed E-state index contributed by atoms with van der Waals surface area (Å²) in [6.07, 6.45) is 7.79. The lowest BCUT2D eigenvalue weighted by atomic mass is 9.98. The van der Waals surface area contributed by atoms with Crippen molar-refractivity contribution >= 4 is 5.91 Å². The van der Waals surface area contributed by atoms with Crippen LogP contribution >= 0.6 is 0 Å². The molecule has 0 atom stereocenters. The summed E-state index contributed by atoms with van der Waals surface area (Å²) in [6, 6.07) is 1.42. The number of hydrogen-bond donors (Lipinski definition) is 2. The standard InChI is InChI=1S/C15H22N2O3/c1-11-9-14(18)13(10-17-11)15(19)16-7-8-20-12-5-3-2-4-6-12/h9-10,12H,2-8H2,1H3,(H,16,19)(H,17,18). The van der Waals surface area contributed by atoms with Gasteiger partial charge < -0.3 is 15.0 Å². The average Bonchev–Trinajstić information content (AvgIpc) is 2.44. The minimum absolute atomic E-state index is 0.147. The Morgan fingerprint density at radius 2 is 2.15 bits per heavy atom. The van der Waals surface area contributed by atoms with E-state index in [0.29, 0.717) is 19.3 Å². The van der Waals surface area contributed by atoms with Crippen LogP contribution in [0.2, 0.25) is 0 Å². The van der Waals surface area contributed by atoms with Gasteiger partial charge in [-0.1, -0.05) is 19.3 Å². The Bertz CT molecular complexity index is 504. The number of hydrogen-bond acceptors (Lipinski definition) is 3. The maximum absolute atomic E-state index is 11.8. The molecule has 1 heterocycles. The van der Waals surface area contributed by atoms with Crippen LogP contribution in [-0.2, 0) is 4.74 Å². The summed E-state index contributed by atoms with van der Waals surface area (Å²) in [6.45, 7) is 2.71. The van der Waals surface area contributed by atoms with E-state index in [1.165, 1.54) is 31.5 Å². The molecule has 2 rings (SSSR count). The first-order valence-electron chi connectivity index (χ1n) is 7.26. The SMILES string of the molecule is Cc1cc(=O)c(C(=O)NCCOC2CCCCC2)c[nH]1. The van der Waals surface area contributed by atoms with Crippen LogP contribution in [0.25, 0.3) is 0 Å². The van der Waals surface area contributed by atoms with E-state index >= 15 is 0 Å². The van der Waals surface area contributed by atoms with Crippen LogP contribution in [0.1, 0.15) is 48.2 Å². The highest BCUT2D eigenvalue weighted by molar-refractivity contribution is 5.93. The fourth-order valence-electron chi connectivity index (χ4n) is 2.47. The number of rotatable bonds is 5. The number of amides is 1. The van der Waals surface area contributed by atoms with Crippen molar-refractivity contribution in [2.24, 2.45) is 0 Å². The molecule has 0 radical (unpaired) electrons. The van der Waals surface area contributed by atoms with Gasteiger partial charge in [0.1, 0.15) is 5.56 Å². The second kappa shape index (κ2) is 7.24. The molecule has 0 bridgehead atoms. The van der Waals surface area contributed by atoms with E-state index in [1.807, 2.05) is 0 Å². The van der Waals surface area contributed by atoms with Gasteiger partial charge in [0.05, 0.1) is 12.7 Å². The zero-order valence-electron chi connectivity index (χ0n) is 11.9. The van der Waals surface area contributed by atoms with E-state index in [-0.39, 0.29) is 16.9 Å². The second-order valence-electron chi connectivity index (χ2n) is 5.28. The van der Waals surface area contributed by atoms with E-state index in [2.05, 4.69) is 10.3 Å². The van der Waals surface area contributed by atoms with Crippen LogP contribution in [0.5, 0.6) is 0 Å². The van der Waals surface area contributed by atoms with Gasteiger partial charge in [-0.3, -0.25) is 9.59 Å². The summed E-state index contributed by atoms with van der Waals surface area (Å²) >= 11 is 0. The van der Waals surface area contributed by atoms with E-state index in [9.17, 15) is 9.59 Å². The van der Waals surface area contributed by atoms with E-state index in [1.54, 1.807) is 6.92 Å². The molecule has 1 aliphatic carbocycles. The minimum atomic E-state index is -0.349. The molecular formula is C15H22N2O3. The molecule has 0 spiro atoms. The Hall–Kier alpha value is -1.62. The van der Waals surface area contributed by atoms with Gasteiger partial charge in [0.15, 0.2) is 5.43 Å². The molecule has 5 heteroatoms. The Kier molecular flexibility index (Phi) is 5.35. The number of carbonyl (C=O) groups excluding carboxylic acids is 1. The summed E-state index contributed by atoms with van der Waals surface area (Å²) < 4.78 is 5.72. The molecule has 1 amide bonds. The van der Waals surface area contributed by atoms with E-state index in [0.717, 1.165) is 18.5 Å². The predicted octanol–water partition coefficient (Wildman–Crippen LogP) is 1.76. The summed E-state index contributed by atoms with van der Waals surface area (Å²) in [4.78, 5) is 26.4. The lowest BCUT2D eigenvalue weighted by Gasteiger charge is -2.21. The number of aromatic amines is 1. The second-order valence-corrected chi connectivity index (χ2v) is 5.28. The first-order chi connectivity index (χ1) is 9.66. The number of pyridine rings is 1. The van der Waals surface area contributed by atoms with Crippen LogP contribution in [0, 0.1) is 6.92 Å². The molecule has 110 valence electrons. The van der Waals surface area contributed by atoms with Crippen molar-refractivity contribution in [3.05, 3.63) is 33.7 Å². The molecule has 1 saturated carbocycles. The third-order valence-corrected chi connectivity index (χ3v) is 3.60. The van der Waals surface area contributed by atoms with Crippen LogP contribution in [0.4, 0.5) is 0 Å². The molecular weight excluding hydrogens is 256 g/mol. The molecule has 1 aromatic heterocycles. The third kappa shape index (κ3) is 4.20. The van der Waals surface area contributed by atoms with Crippen LogP contribution in [0.15, 0.2) is 17.1 Å². The monoisotopic (exact) mass is 278 g/mol. The van der Waals surface area contributed by atoms with Gasteiger partial charge in [0.2, 0.25) is 0 Å². The largest absolute Gasteiger partial charge is 0.376 e. The lowest BCUT2D eigenvalue weighted by molar-refractivity contribution is 0.0299. The number of aryl methyl sites for hydroxylation is 1. The number of carbonyl (C=O) groups is 1. The Morgan fingerprint density at radius 1 is 1.40 bits per heavy atom. The number of ether oxygens (including phenoxy) is 1. The van der Waals surface area contributed by atoms with Crippen LogP contribution < -0.4 is 10.7 Å². The number of aromatic nitrogens is 1. The van der Waals surface area contributed by atoms with Crippen molar-refractivity contribution in [1.29, 1.82) is 0 Å². The first kappa shape index (κ1) is 14.8. The quantitative estimate of drug-likeness (QED) is 0.806. The lowest BCUT2D eigenvalue weighted by Crippen LogP contribution is -2.32. The number of nitrogens with one attached hydrogen (secondary N) is 2. The van der Waals surface area contributed by atoms with Crippen molar-refractivity contribution in [2.45, 2.75) is 45.1 Å². The molecule has 1 aromatic rings. The maximum Gasteiger partial charge on any atom is 0.256 e. The summed E-state index contributed by atoms with van der Waals surface area (Å²) in [7, 11) is 0. The molecule has 20 heavy (non-hydrogen) atoms. The fourth-order valence-corrected chi connectivity index (χ4v) is 2.47. The van der Waals surface area contributed by atoms with Gasteiger partial charge in [0, 0.05) is 24.5 Å². The van der Waals surface area contributed by atoms with Crippen molar-refractivity contribution < 1.29 is 9.53 Å². The van der Waals surface area contributed by atoms with Gasteiger partial charge >= 0.3 is 0 Å². The molecule has 2 N–H and O–H groups in total. The highest BCUT2D eigenvalue weighted by Gasteiger charge is 2.14. The van der Waals surface area contributed by atoms with Crippen molar-refractivity contribution in [1.82, 2.24) is 10.3 Å². The van der Waals surface area contributed by atoms with Crippen molar-refractivity contribution in [3.8, 4) is 0 Å². The normalized spacial score (nSPS) is 16.1. The topological polar surface area (TPSA) is 71.2 Å². The molecule has 1 fully saturated rings. The van der Waals surface area contributed by atoms with E-state index in [4.69, 9.17) is 4.74 Å². The molecule has 0 aromatic carbocycles. The highest BCUT2D eigenvalue weighted by atomic mass is 16.5. The van der Waals surface area contributed by atoms with Crippen LogP contribution in [0.3, 0.4) is 0 Å². The maximum atomic E-state index is 11.8. The molecule has 0 unspecified atom stereocenters. The van der Waals surface area contributed by atoms with Gasteiger partial charge in [-0.2, -0.15) is 0 Å². The highest BCUT2D eigenvalue weighted by Crippen LogP contribution is 2.19. The fraction of sp³-hybridized carbons (Fsp3) is 0.600. The third-order valence-electron chi connectivity index (χ3n) is 3.60. The summed E-state index contributed by atoms with van der Waals surface area (Å²) in [5.41, 5.74) is 0.632. The van der Waals surface area contributed by atoms with Crippen LogP contribution in [-0.4, -0.2) is 30.1 Å². The zero-order chi connectivity index (χ0) is 14.4. The summed E-state index contributed by atoms with van der Waals surface area (Å²) in [5, 5.41) is 2.71. The van der Waals surface area contributed by atoms with Crippen molar-refractivity contribution in [3.63, 3.8) is 0 Å². The minimum Gasteiger partial charge on any atom is -0.376 e. The van der Waals surface area contributed by atoms with Gasteiger partial charge in [0.25, 0.3) is 5.91 Å². The smallest absolute Gasteiger partial charge is 0.256 e. The Labute approximate surface area is 118 Å². The Balaban J connectivity index is 1.73. The first-order valence-corrected chi connectivity index (χ1v) is 7.26. The molecule has 0 aliphatic heterocycles. The van der Waals surface area contributed by atoms with Gasteiger partial charge in [-0.05, 0) is 19.8 Å². The van der Waals surface area contributed by atoms with Crippen molar-refractivity contribution in [2.75, 3.05) is 13.2 Å². The average molecular weight is 278 g/mol. The number of H-pyrrole nitrogens is 1. The molecule has 1 aliphatic rings. The molecule has 5 nitrogen and oxygen atoms in total. The van der Waals surface area contributed by atoms with E-state index < -0.39 is 0 Å². The summed E-state index contributed by atoms with van der Waals surface area (Å²) in [5.74, 6) is -0.349. The van der Waals surface area contributed by atoms with Gasteiger partial charge in [-0.25, -0.2) is 0 Å². The Morgan fingerprint density at radius 3 is 2.85 bits per heavy atom. The predicted molar refractivity (Wildman–Crippen MR) is 77.0 cm³/mol. The molecule has 0 saturated heterocycles. The zero-order valence-corrected chi connectivity index (χ0v) is 11.9. The van der Waals surface area contributed by atoms with Gasteiger partial charge in [-0.15, -0.1) is 0 Å².